The third-order valence-corrected chi connectivity index (χ3v) is 3.03. The Kier molecular flexibility index (Phi) is 3.54. The van der Waals surface area contributed by atoms with Gasteiger partial charge in [0.25, 0.3) is 0 Å². The van der Waals surface area contributed by atoms with Crippen molar-refractivity contribution < 1.29 is 0 Å². The van der Waals surface area contributed by atoms with E-state index < -0.39 is 0 Å². The average Bonchev–Trinajstić information content (AvgIpc) is 2.33. The SMILES string of the molecule is Cc1cnc(Sc2ccc(CN)cc2)nc1. The summed E-state index contributed by atoms with van der Waals surface area (Å²) in [4.78, 5) is 9.61. The van der Waals surface area contributed by atoms with Gasteiger partial charge in [0.1, 0.15) is 0 Å². The number of benzene rings is 1. The lowest BCUT2D eigenvalue weighted by molar-refractivity contribution is 0.950. The molecule has 1 aromatic heterocycles. The van der Waals surface area contributed by atoms with Gasteiger partial charge >= 0.3 is 0 Å². The lowest BCUT2D eigenvalue weighted by atomic mass is 10.2. The summed E-state index contributed by atoms with van der Waals surface area (Å²) in [5.41, 5.74) is 7.74. The van der Waals surface area contributed by atoms with Crippen molar-refractivity contribution in [2.75, 3.05) is 0 Å². The normalized spacial score (nSPS) is 10.4. The van der Waals surface area contributed by atoms with Crippen molar-refractivity contribution in [3.8, 4) is 0 Å². The van der Waals surface area contributed by atoms with E-state index in [1.165, 1.54) is 0 Å². The summed E-state index contributed by atoms with van der Waals surface area (Å²) in [6.07, 6.45) is 3.65. The second-order valence-electron chi connectivity index (χ2n) is 3.49. The predicted octanol–water partition coefficient (Wildman–Crippen LogP) is 2.39. The van der Waals surface area contributed by atoms with Crippen molar-refractivity contribution in [2.45, 2.75) is 23.5 Å². The molecule has 0 saturated heterocycles. The Morgan fingerprint density at radius 1 is 1.12 bits per heavy atom. The minimum atomic E-state index is 0.575. The van der Waals surface area contributed by atoms with E-state index in [1.807, 2.05) is 43.6 Å². The Morgan fingerprint density at radius 3 is 2.31 bits per heavy atom. The number of aromatic nitrogens is 2. The third-order valence-electron chi connectivity index (χ3n) is 2.13. The maximum absolute atomic E-state index is 5.54. The van der Waals surface area contributed by atoms with E-state index in [1.54, 1.807) is 11.8 Å². The zero-order chi connectivity index (χ0) is 11.4. The molecule has 1 heterocycles. The molecule has 0 bridgehead atoms. The van der Waals surface area contributed by atoms with Gasteiger partial charge in [-0.15, -0.1) is 0 Å². The van der Waals surface area contributed by atoms with Crippen LogP contribution in [0.2, 0.25) is 0 Å². The first-order valence-electron chi connectivity index (χ1n) is 5.03. The van der Waals surface area contributed by atoms with Crippen molar-refractivity contribution in [1.29, 1.82) is 0 Å². The minimum Gasteiger partial charge on any atom is -0.326 e. The number of nitrogens with zero attached hydrogens (tertiary/aromatic N) is 2. The number of rotatable bonds is 3. The fourth-order valence-corrected chi connectivity index (χ4v) is 1.93. The van der Waals surface area contributed by atoms with Crippen LogP contribution in [-0.4, -0.2) is 9.97 Å². The molecule has 0 amide bonds. The standard InChI is InChI=1S/C12H13N3S/c1-9-7-14-12(15-8-9)16-11-4-2-10(6-13)3-5-11/h2-5,7-8H,6,13H2,1H3. The maximum atomic E-state index is 5.54. The molecule has 0 aliphatic heterocycles. The molecule has 0 fully saturated rings. The second-order valence-corrected chi connectivity index (χ2v) is 4.53. The van der Waals surface area contributed by atoms with Crippen LogP contribution in [0.3, 0.4) is 0 Å². The monoisotopic (exact) mass is 231 g/mol. The fraction of sp³-hybridized carbons (Fsp3) is 0.167. The number of hydrogen-bond acceptors (Lipinski definition) is 4. The molecule has 0 aliphatic rings. The van der Waals surface area contributed by atoms with E-state index in [0.717, 1.165) is 21.2 Å². The van der Waals surface area contributed by atoms with Gasteiger partial charge in [-0.25, -0.2) is 9.97 Å². The van der Waals surface area contributed by atoms with Gasteiger partial charge in [0.2, 0.25) is 0 Å². The molecule has 0 aliphatic carbocycles. The van der Waals surface area contributed by atoms with Gasteiger partial charge < -0.3 is 5.73 Å². The summed E-state index contributed by atoms with van der Waals surface area (Å²) in [7, 11) is 0. The minimum absolute atomic E-state index is 0.575. The zero-order valence-corrected chi connectivity index (χ0v) is 9.87. The van der Waals surface area contributed by atoms with Crippen molar-refractivity contribution >= 4 is 11.8 Å². The zero-order valence-electron chi connectivity index (χ0n) is 9.05. The Morgan fingerprint density at radius 2 is 1.75 bits per heavy atom. The molecule has 2 aromatic rings. The van der Waals surface area contributed by atoms with E-state index in [4.69, 9.17) is 5.73 Å². The maximum Gasteiger partial charge on any atom is 0.192 e. The van der Waals surface area contributed by atoms with Crippen LogP contribution in [0.15, 0.2) is 46.7 Å². The van der Waals surface area contributed by atoms with E-state index in [-0.39, 0.29) is 0 Å². The summed E-state index contributed by atoms with van der Waals surface area (Å²) in [5.74, 6) is 0. The lowest BCUT2D eigenvalue weighted by Gasteiger charge is -2.01. The molecule has 0 unspecified atom stereocenters. The molecule has 0 atom stereocenters. The molecule has 4 heteroatoms. The quantitative estimate of drug-likeness (QED) is 0.824. The van der Waals surface area contributed by atoms with Gasteiger partial charge in [0.15, 0.2) is 5.16 Å². The topological polar surface area (TPSA) is 51.8 Å². The molecule has 0 spiro atoms. The molecule has 0 radical (unpaired) electrons. The van der Waals surface area contributed by atoms with Crippen molar-refractivity contribution in [1.82, 2.24) is 9.97 Å². The van der Waals surface area contributed by atoms with Crippen LogP contribution in [0.1, 0.15) is 11.1 Å². The first kappa shape index (κ1) is 11.1. The highest BCUT2D eigenvalue weighted by atomic mass is 32.2. The third kappa shape index (κ3) is 2.81. The van der Waals surface area contributed by atoms with Crippen LogP contribution >= 0.6 is 11.8 Å². The van der Waals surface area contributed by atoms with Gasteiger partial charge in [0.05, 0.1) is 0 Å². The Labute approximate surface area is 99.1 Å². The van der Waals surface area contributed by atoms with Gasteiger partial charge in [-0.3, -0.25) is 0 Å². The predicted molar refractivity (Wildman–Crippen MR) is 65.2 cm³/mol. The van der Waals surface area contributed by atoms with Crippen LogP contribution in [0.25, 0.3) is 0 Å². The van der Waals surface area contributed by atoms with Crippen molar-refractivity contribution in [3.63, 3.8) is 0 Å². The molecule has 1 aromatic carbocycles. The summed E-state index contributed by atoms with van der Waals surface area (Å²) >= 11 is 1.55. The van der Waals surface area contributed by atoms with Gasteiger partial charge in [-0.05, 0) is 41.9 Å². The Bertz CT molecular complexity index is 451. The number of aryl methyl sites for hydroxylation is 1. The molecule has 16 heavy (non-hydrogen) atoms. The fourth-order valence-electron chi connectivity index (χ4n) is 1.23. The smallest absolute Gasteiger partial charge is 0.192 e. The summed E-state index contributed by atoms with van der Waals surface area (Å²) < 4.78 is 0. The van der Waals surface area contributed by atoms with Crippen LogP contribution in [-0.2, 0) is 6.54 Å². The number of hydrogen-bond donors (Lipinski definition) is 1. The highest BCUT2D eigenvalue weighted by Gasteiger charge is 1.99. The molecule has 3 nitrogen and oxygen atoms in total. The van der Waals surface area contributed by atoms with Gasteiger partial charge in [0, 0.05) is 23.8 Å². The van der Waals surface area contributed by atoms with E-state index in [0.29, 0.717) is 6.54 Å². The van der Waals surface area contributed by atoms with Crippen LogP contribution in [0.4, 0.5) is 0 Å². The molecule has 2 rings (SSSR count). The number of nitrogens with two attached hydrogens (primary N) is 1. The summed E-state index contributed by atoms with van der Waals surface area (Å²) in [6.45, 7) is 2.55. The van der Waals surface area contributed by atoms with Crippen molar-refractivity contribution in [3.05, 3.63) is 47.8 Å². The summed E-state index contributed by atoms with van der Waals surface area (Å²) in [6, 6.07) is 8.12. The molecular formula is C12H13N3S. The summed E-state index contributed by atoms with van der Waals surface area (Å²) in [5, 5.41) is 0.770. The van der Waals surface area contributed by atoms with Crippen molar-refractivity contribution in [2.24, 2.45) is 5.73 Å². The lowest BCUT2D eigenvalue weighted by Crippen LogP contribution is -1.95. The molecule has 0 saturated carbocycles. The second kappa shape index (κ2) is 5.09. The first-order chi connectivity index (χ1) is 7.78. The van der Waals surface area contributed by atoms with Gasteiger partial charge in [-0.1, -0.05) is 12.1 Å². The Hall–Kier alpha value is -1.39. The van der Waals surface area contributed by atoms with Gasteiger partial charge in [-0.2, -0.15) is 0 Å². The van der Waals surface area contributed by atoms with Crippen LogP contribution in [0.5, 0.6) is 0 Å². The van der Waals surface area contributed by atoms with E-state index in [9.17, 15) is 0 Å². The van der Waals surface area contributed by atoms with E-state index >= 15 is 0 Å². The van der Waals surface area contributed by atoms with Crippen LogP contribution in [0, 0.1) is 6.92 Å². The Balaban J connectivity index is 2.11. The van der Waals surface area contributed by atoms with E-state index in [2.05, 4.69) is 9.97 Å². The highest BCUT2D eigenvalue weighted by molar-refractivity contribution is 7.99. The molecule has 82 valence electrons. The average molecular weight is 231 g/mol. The molecular weight excluding hydrogens is 218 g/mol. The van der Waals surface area contributed by atoms with Crippen LogP contribution < -0.4 is 5.73 Å². The highest BCUT2D eigenvalue weighted by Crippen LogP contribution is 2.24. The first-order valence-corrected chi connectivity index (χ1v) is 5.85. The largest absolute Gasteiger partial charge is 0.326 e. The molecule has 2 N–H and O–H groups in total.